The van der Waals surface area contributed by atoms with Crippen molar-refractivity contribution in [2.24, 2.45) is 5.92 Å². The molecule has 3 atom stereocenters. The molecule has 0 unspecified atom stereocenters. The van der Waals surface area contributed by atoms with Crippen molar-refractivity contribution in [2.75, 3.05) is 0 Å². The van der Waals surface area contributed by atoms with Crippen molar-refractivity contribution in [3.63, 3.8) is 0 Å². The van der Waals surface area contributed by atoms with Crippen LogP contribution in [0.3, 0.4) is 0 Å². The second-order valence-electron chi connectivity index (χ2n) is 12.0. The van der Waals surface area contributed by atoms with Gasteiger partial charge in [-0.25, -0.2) is 0 Å². The van der Waals surface area contributed by atoms with E-state index in [0.717, 1.165) is 16.7 Å². The third-order valence-corrected chi connectivity index (χ3v) is 7.76. The number of aromatic nitrogens is 1. The molecular weight excluding hydrogens is 594 g/mol. The van der Waals surface area contributed by atoms with Crippen LogP contribution in [0, 0.1) is 5.92 Å². The molecule has 0 fully saturated rings. The van der Waals surface area contributed by atoms with E-state index in [4.69, 9.17) is 4.74 Å². The molecule has 10 nitrogen and oxygen atoms in total. The number of carbonyl (C=O) groups is 4. The van der Waals surface area contributed by atoms with Crippen LogP contribution in [-0.4, -0.2) is 46.7 Å². The zero-order chi connectivity index (χ0) is 33.2. The van der Waals surface area contributed by atoms with Gasteiger partial charge in [0.05, 0.1) is 0 Å². The van der Waals surface area contributed by atoms with Crippen molar-refractivity contribution in [1.29, 1.82) is 0 Å². The molecule has 6 rings (SSSR count). The van der Waals surface area contributed by atoms with E-state index in [9.17, 15) is 19.2 Å². The van der Waals surface area contributed by atoms with Gasteiger partial charge in [-0.1, -0.05) is 68.4 Å². The van der Waals surface area contributed by atoms with Crippen LogP contribution in [0.2, 0.25) is 0 Å². The molecule has 4 N–H and O–H groups in total. The van der Waals surface area contributed by atoms with Crippen molar-refractivity contribution in [3.05, 3.63) is 126 Å². The summed E-state index contributed by atoms with van der Waals surface area (Å²) < 4.78 is 6.02. The SMILES string of the molecule is CC(C)C[C@@H]1NC(=O)[C@@H](Cc2ccccc2)NC(=O)c2cccc(c2)Oc2ccc(cc2)C[C@@H](C(=O)NCc2cccnc2)NC1=O. The zero-order valence-electron chi connectivity index (χ0n) is 26.4. The maximum Gasteiger partial charge on any atom is 0.252 e. The van der Waals surface area contributed by atoms with Gasteiger partial charge < -0.3 is 26.0 Å². The molecule has 0 saturated heterocycles. The first kappa shape index (κ1) is 32.9. The molecule has 242 valence electrons. The van der Waals surface area contributed by atoms with Crippen LogP contribution >= 0.6 is 0 Å². The summed E-state index contributed by atoms with van der Waals surface area (Å²) in [6, 6.07) is 24.0. The van der Waals surface area contributed by atoms with Gasteiger partial charge in [0, 0.05) is 37.3 Å². The Morgan fingerprint density at radius 3 is 2.30 bits per heavy atom. The third kappa shape index (κ3) is 9.49. The molecule has 47 heavy (non-hydrogen) atoms. The molecule has 0 radical (unpaired) electrons. The van der Waals surface area contributed by atoms with E-state index < -0.39 is 35.8 Å². The molecule has 2 aliphatic heterocycles. The molecule has 4 bridgehead atoms. The minimum Gasteiger partial charge on any atom is -0.457 e. The zero-order valence-corrected chi connectivity index (χ0v) is 26.4. The number of fused-ring (bicyclic) bond motifs is 11. The van der Waals surface area contributed by atoms with Gasteiger partial charge in [0.15, 0.2) is 0 Å². The summed E-state index contributed by atoms with van der Waals surface area (Å²) in [5, 5.41) is 11.5. The Morgan fingerprint density at radius 2 is 1.57 bits per heavy atom. The summed E-state index contributed by atoms with van der Waals surface area (Å²) in [5.74, 6) is -0.814. The van der Waals surface area contributed by atoms with Gasteiger partial charge in [-0.2, -0.15) is 0 Å². The normalized spacial score (nSPS) is 18.6. The molecule has 0 saturated carbocycles. The van der Waals surface area contributed by atoms with Crippen LogP contribution < -0.4 is 26.0 Å². The quantitative estimate of drug-likeness (QED) is 0.226. The van der Waals surface area contributed by atoms with E-state index in [1.54, 1.807) is 54.9 Å². The number of nitrogens with one attached hydrogen (secondary N) is 4. The minimum atomic E-state index is -0.985. The topological polar surface area (TPSA) is 139 Å². The van der Waals surface area contributed by atoms with Gasteiger partial charge in [0.2, 0.25) is 17.7 Å². The first-order valence-electron chi connectivity index (χ1n) is 15.7. The molecule has 1 aromatic heterocycles. The van der Waals surface area contributed by atoms with E-state index in [-0.39, 0.29) is 31.2 Å². The van der Waals surface area contributed by atoms with Crippen molar-refractivity contribution in [1.82, 2.24) is 26.3 Å². The predicted molar refractivity (Wildman–Crippen MR) is 177 cm³/mol. The van der Waals surface area contributed by atoms with Gasteiger partial charge in [0.25, 0.3) is 5.91 Å². The number of nitrogens with zero attached hydrogens (tertiary/aromatic N) is 1. The number of amides is 4. The van der Waals surface area contributed by atoms with Crippen molar-refractivity contribution in [2.45, 2.75) is 57.8 Å². The maximum absolute atomic E-state index is 13.9. The highest BCUT2D eigenvalue weighted by Gasteiger charge is 2.31. The summed E-state index contributed by atoms with van der Waals surface area (Å²) >= 11 is 0. The number of hydrogen-bond acceptors (Lipinski definition) is 6. The molecule has 4 aromatic rings. The van der Waals surface area contributed by atoms with Crippen LogP contribution in [0.4, 0.5) is 0 Å². The summed E-state index contributed by atoms with van der Waals surface area (Å²) in [6.45, 7) is 4.13. The number of benzene rings is 3. The van der Waals surface area contributed by atoms with Gasteiger partial charge in [-0.15, -0.1) is 0 Å². The molecule has 3 aromatic carbocycles. The van der Waals surface area contributed by atoms with Crippen LogP contribution in [0.25, 0.3) is 0 Å². The summed E-state index contributed by atoms with van der Waals surface area (Å²) in [6.07, 6.45) is 4.04. The highest BCUT2D eigenvalue weighted by atomic mass is 16.5. The lowest BCUT2D eigenvalue weighted by atomic mass is 9.99. The number of rotatable bonds is 7. The lowest BCUT2D eigenvalue weighted by Gasteiger charge is -2.26. The Balaban J connectivity index is 1.48. The maximum atomic E-state index is 13.9. The number of carbonyl (C=O) groups excluding carboxylic acids is 4. The Morgan fingerprint density at radius 1 is 0.830 bits per heavy atom. The van der Waals surface area contributed by atoms with Crippen LogP contribution in [0.1, 0.15) is 47.3 Å². The number of hydrogen-bond donors (Lipinski definition) is 4. The van der Waals surface area contributed by atoms with E-state index in [1.165, 1.54) is 0 Å². The van der Waals surface area contributed by atoms with Gasteiger partial charge in [-0.05, 0) is 65.4 Å². The summed E-state index contributed by atoms with van der Waals surface area (Å²) in [4.78, 5) is 58.8. The molecule has 0 spiro atoms. The van der Waals surface area contributed by atoms with E-state index >= 15 is 0 Å². The van der Waals surface area contributed by atoms with Crippen LogP contribution in [0.5, 0.6) is 11.5 Å². The largest absolute Gasteiger partial charge is 0.457 e. The second-order valence-corrected chi connectivity index (χ2v) is 12.0. The minimum absolute atomic E-state index is 0.0409. The monoisotopic (exact) mass is 633 g/mol. The number of ether oxygens (including phenoxy) is 1. The lowest BCUT2D eigenvalue weighted by molar-refractivity contribution is -0.133. The average molecular weight is 634 g/mol. The lowest BCUT2D eigenvalue weighted by Crippen LogP contribution is -2.57. The van der Waals surface area contributed by atoms with Gasteiger partial charge in [0.1, 0.15) is 29.6 Å². The fraction of sp³-hybridized carbons (Fsp3) is 0.270. The van der Waals surface area contributed by atoms with E-state index in [0.29, 0.717) is 23.5 Å². The van der Waals surface area contributed by atoms with Crippen LogP contribution in [0.15, 0.2) is 103 Å². The molecule has 0 aliphatic carbocycles. The summed E-state index contributed by atoms with van der Waals surface area (Å²) in [5.41, 5.74) is 2.77. The van der Waals surface area contributed by atoms with Crippen molar-refractivity contribution < 1.29 is 23.9 Å². The van der Waals surface area contributed by atoms with Gasteiger partial charge in [-0.3, -0.25) is 24.2 Å². The first-order chi connectivity index (χ1) is 22.7. The van der Waals surface area contributed by atoms with E-state index in [1.807, 2.05) is 62.4 Å². The third-order valence-electron chi connectivity index (χ3n) is 7.76. The first-order valence-corrected chi connectivity index (χ1v) is 15.7. The standard InChI is InChI=1S/C37H39N5O5/c1-24(2)18-31-36(45)42-32(35(44)39-23-27-10-7-17-38-22-27)20-26-13-15-29(16-14-26)47-30-12-6-11-28(21-30)34(43)40-33(37(46)41-31)19-25-8-4-3-5-9-25/h3-17,21-22,24,31-33H,18-20,23H2,1-2H3,(H,39,44)(H,40,43)(H,41,46)(H,42,45)/t31-,32-,33+/m0/s1. The Bertz CT molecular complexity index is 1680. The van der Waals surface area contributed by atoms with Crippen LogP contribution in [-0.2, 0) is 33.8 Å². The molecule has 2 aliphatic rings. The number of pyridine rings is 1. The van der Waals surface area contributed by atoms with E-state index in [2.05, 4.69) is 26.3 Å². The van der Waals surface area contributed by atoms with Crippen molar-refractivity contribution >= 4 is 23.6 Å². The Kier molecular flexibility index (Phi) is 11.0. The highest BCUT2D eigenvalue weighted by molar-refractivity contribution is 5.99. The molecular formula is C37H39N5O5. The summed E-state index contributed by atoms with van der Waals surface area (Å²) in [7, 11) is 0. The molecule has 10 heteroatoms. The fourth-order valence-corrected chi connectivity index (χ4v) is 5.34. The average Bonchev–Trinajstić information content (AvgIpc) is 3.07. The second kappa shape index (κ2) is 15.7. The molecule has 3 heterocycles. The molecule has 4 amide bonds. The van der Waals surface area contributed by atoms with Gasteiger partial charge >= 0.3 is 0 Å². The fourth-order valence-electron chi connectivity index (χ4n) is 5.34. The van der Waals surface area contributed by atoms with Crippen molar-refractivity contribution in [3.8, 4) is 11.5 Å². The Labute approximate surface area is 274 Å². The Hall–Kier alpha value is -5.51. The highest BCUT2D eigenvalue weighted by Crippen LogP contribution is 2.23. The smallest absolute Gasteiger partial charge is 0.252 e. The predicted octanol–water partition coefficient (Wildman–Crippen LogP) is 4.10.